The van der Waals surface area contributed by atoms with Crippen molar-refractivity contribution in [1.29, 1.82) is 0 Å². The maximum absolute atomic E-state index is 5.56. The molecule has 112 valence electrons. The molecule has 0 aliphatic carbocycles. The van der Waals surface area contributed by atoms with Crippen LogP contribution in [0.3, 0.4) is 0 Å². The van der Waals surface area contributed by atoms with E-state index in [0.717, 1.165) is 25.7 Å². The van der Waals surface area contributed by atoms with Crippen molar-refractivity contribution in [3.63, 3.8) is 0 Å². The van der Waals surface area contributed by atoms with E-state index in [9.17, 15) is 0 Å². The Morgan fingerprint density at radius 1 is 0.556 bits per heavy atom. The largest absolute Gasteiger partial charge is 0.412 e. The van der Waals surface area contributed by atoms with Crippen LogP contribution < -0.4 is 0 Å². The Labute approximate surface area is 110 Å². The molecule has 0 unspecified atom stereocenters. The number of hydrogen-bond donors (Lipinski definition) is 0. The molecular weight excluding hydrogens is 238 g/mol. The molecule has 0 fully saturated rings. The molecular formula is C12H30NO5+. The van der Waals surface area contributed by atoms with E-state index in [1.54, 1.807) is 0 Å². The van der Waals surface area contributed by atoms with Crippen molar-refractivity contribution in [2.24, 2.45) is 0 Å². The van der Waals surface area contributed by atoms with E-state index in [-0.39, 0.29) is 5.48 Å². The van der Waals surface area contributed by atoms with E-state index in [2.05, 4.69) is 0 Å². The highest BCUT2D eigenvalue weighted by Gasteiger charge is 2.37. The second-order valence-electron chi connectivity index (χ2n) is 3.78. The van der Waals surface area contributed by atoms with Crippen LogP contribution in [0.4, 0.5) is 0 Å². The molecule has 2 N–H and O–H groups in total. The lowest BCUT2D eigenvalue weighted by Gasteiger charge is -2.25. The fourth-order valence-corrected chi connectivity index (χ4v) is 1.04. The Morgan fingerprint density at radius 3 is 0.944 bits per heavy atom. The quantitative estimate of drug-likeness (QED) is 0.402. The van der Waals surface area contributed by atoms with Crippen LogP contribution in [0.25, 0.3) is 0 Å². The molecule has 0 saturated heterocycles. The number of quaternary nitrogens is 1. The molecule has 0 aliphatic heterocycles. The molecule has 0 bridgehead atoms. The van der Waals surface area contributed by atoms with Gasteiger partial charge in [0.25, 0.3) is 0 Å². The highest BCUT2D eigenvalue weighted by molar-refractivity contribution is 4.18. The van der Waals surface area contributed by atoms with Gasteiger partial charge in [0, 0.05) is 0 Å². The second kappa shape index (κ2) is 13.2. The van der Waals surface area contributed by atoms with Gasteiger partial charge in [-0.25, -0.2) is 0 Å². The van der Waals surface area contributed by atoms with Crippen LogP contribution in [0, 0.1) is 0 Å². The third-order valence-corrected chi connectivity index (χ3v) is 1.81. The van der Waals surface area contributed by atoms with E-state index < -0.39 is 5.14 Å². The minimum atomic E-state index is -0.580. The minimum Gasteiger partial charge on any atom is -0.412 e. The molecule has 0 radical (unpaired) electrons. The predicted octanol–water partition coefficient (Wildman–Crippen LogP) is 2.34. The smallest absolute Gasteiger partial charge is 0.247 e. The normalized spacial score (nSPS) is 11.3. The summed E-state index contributed by atoms with van der Waals surface area (Å²) in [5, 5.41) is -0.580. The number of nitrogens with zero attached hydrogens (tertiary/aromatic N) is 1. The molecule has 0 spiro atoms. The molecule has 6 heteroatoms. The molecule has 0 amide bonds. The van der Waals surface area contributed by atoms with Crippen molar-refractivity contribution >= 4 is 0 Å². The third kappa shape index (κ3) is 8.79. The van der Waals surface area contributed by atoms with E-state index in [0.29, 0.717) is 26.4 Å². The molecule has 0 heterocycles. The summed E-state index contributed by atoms with van der Waals surface area (Å²) < 4.78 is 0. The standard InChI is InChI=1S/C12H28NO4.H2O/c1-5-9-14-13(15-10-6-2,16-11-7-3)17-12-8-4;/h5-12H2,1-4H3;1H2/q+1;. The molecule has 6 nitrogen and oxygen atoms in total. The van der Waals surface area contributed by atoms with Gasteiger partial charge in [-0.2, -0.15) is 0 Å². The Balaban J connectivity index is 0. The summed E-state index contributed by atoms with van der Waals surface area (Å²) in [5.74, 6) is 0. The van der Waals surface area contributed by atoms with E-state index in [1.807, 2.05) is 27.7 Å². The van der Waals surface area contributed by atoms with E-state index in [4.69, 9.17) is 19.4 Å². The Hall–Kier alpha value is -0.240. The summed E-state index contributed by atoms with van der Waals surface area (Å²) in [7, 11) is 0. The third-order valence-electron chi connectivity index (χ3n) is 1.81. The Morgan fingerprint density at radius 2 is 0.778 bits per heavy atom. The van der Waals surface area contributed by atoms with Crippen molar-refractivity contribution in [3.8, 4) is 0 Å². The van der Waals surface area contributed by atoms with Crippen LogP contribution >= 0.6 is 0 Å². The van der Waals surface area contributed by atoms with Gasteiger partial charge in [0.05, 0.1) is 0 Å². The second-order valence-corrected chi connectivity index (χ2v) is 3.78. The van der Waals surface area contributed by atoms with Crippen molar-refractivity contribution in [3.05, 3.63) is 0 Å². The average molecular weight is 268 g/mol. The fraction of sp³-hybridized carbons (Fsp3) is 1.00. The molecule has 0 aromatic rings. The molecule has 0 aromatic heterocycles. The van der Waals surface area contributed by atoms with Crippen LogP contribution in [0.15, 0.2) is 0 Å². The minimum absolute atomic E-state index is 0. The van der Waals surface area contributed by atoms with Gasteiger partial charge in [-0.3, -0.25) is 0 Å². The van der Waals surface area contributed by atoms with Crippen LogP contribution in [0.1, 0.15) is 53.4 Å². The SMILES string of the molecule is CCCO[N+](OCCC)(OCCC)OCCC.O. The van der Waals surface area contributed by atoms with Gasteiger partial charge >= 0.3 is 0 Å². The average Bonchev–Trinajstić information content (AvgIpc) is 2.37. The first-order valence-corrected chi connectivity index (χ1v) is 6.71. The van der Waals surface area contributed by atoms with Gasteiger partial charge in [0.1, 0.15) is 26.4 Å². The Kier molecular flexibility index (Phi) is 14.7. The summed E-state index contributed by atoms with van der Waals surface area (Å²) >= 11 is 0. The highest BCUT2D eigenvalue weighted by Crippen LogP contribution is 2.15. The maximum Gasteiger partial charge on any atom is 0.247 e. The summed E-state index contributed by atoms with van der Waals surface area (Å²) in [5.41, 5.74) is 0. The molecule has 0 aliphatic rings. The van der Waals surface area contributed by atoms with Gasteiger partial charge in [0.2, 0.25) is 5.14 Å². The van der Waals surface area contributed by atoms with Gasteiger partial charge in [-0.1, -0.05) is 47.0 Å². The topological polar surface area (TPSA) is 68.4 Å². The highest BCUT2D eigenvalue weighted by atomic mass is 17.4. The Bertz CT molecular complexity index is 131. The van der Waals surface area contributed by atoms with Gasteiger partial charge in [-0.05, 0) is 25.7 Å². The lowest BCUT2D eigenvalue weighted by atomic mass is 10.5. The summed E-state index contributed by atoms with van der Waals surface area (Å²) in [6.07, 6.45) is 3.56. The first kappa shape index (κ1) is 20.1. The van der Waals surface area contributed by atoms with Gasteiger partial charge in [-0.15, -0.1) is 0 Å². The molecule has 18 heavy (non-hydrogen) atoms. The predicted molar refractivity (Wildman–Crippen MR) is 68.8 cm³/mol. The van der Waals surface area contributed by atoms with E-state index in [1.165, 1.54) is 0 Å². The van der Waals surface area contributed by atoms with Crippen molar-refractivity contribution in [2.45, 2.75) is 53.4 Å². The fourth-order valence-electron chi connectivity index (χ4n) is 1.04. The molecule has 0 rings (SSSR count). The number of rotatable bonds is 12. The van der Waals surface area contributed by atoms with Gasteiger partial charge in [0.15, 0.2) is 0 Å². The first-order chi connectivity index (χ1) is 8.24. The number of hydrogen-bond acceptors (Lipinski definition) is 4. The van der Waals surface area contributed by atoms with Crippen LogP contribution in [-0.2, 0) is 19.4 Å². The summed E-state index contributed by atoms with van der Waals surface area (Å²) in [6, 6.07) is 0. The van der Waals surface area contributed by atoms with Crippen LogP contribution in [0.2, 0.25) is 0 Å². The zero-order chi connectivity index (χ0) is 13.0. The zero-order valence-corrected chi connectivity index (χ0v) is 12.2. The first-order valence-electron chi connectivity index (χ1n) is 6.71. The van der Waals surface area contributed by atoms with Gasteiger partial charge < -0.3 is 5.48 Å². The maximum atomic E-state index is 5.56. The molecule has 0 aromatic carbocycles. The van der Waals surface area contributed by atoms with Crippen molar-refractivity contribution < 1.29 is 30.0 Å². The van der Waals surface area contributed by atoms with E-state index >= 15 is 0 Å². The lowest BCUT2D eigenvalue weighted by Crippen LogP contribution is -2.48. The molecule has 0 saturated carbocycles. The van der Waals surface area contributed by atoms with Crippen molar-refractivity contribution in [2.75, 3.05) is 26.4 Å². The van der Waals surface area contributed by atoms with Crippen LogP contribution in [0.5, 0.6) is 0 Å². The summed E-state index contributed by atoms with van der Waals surface area (Å²) in [4.78, 5) is 22.2. The lowest BCUT2D eigenvalue weighted by molar-refractivity contribution is -1.47. The summed E-state index contributed by atoms with van der Waals surface area (Å²) in [6.45, 7) is 10.3. The van der Waals surface area contributed by atoms with Crippen LogP contribution in [-0.4, -0.2) is 37.0 Å². The van der Waals surface area contributed by atoms with Crippen molar-refractivity contribution in [1.82, 2.24) is 0 Å². The zero-order valence-electron chi connectivity index (χ0n) is 12.2. The monoisotopic (exact) mass is 268 g/mol. The molecule has 0 atom stereocenters.